The van der Waals surface area contributed by atoms with E-state index in [1.165, 1.54) is 23.5 Å². The highest BCUT2D eigenvalue weighted by Gasteiger charge is 2.37. The van der Waals surface area contributed by atoms with Gasteiger partial charge in [-0.3, -0.25) is 0 Å². The summed E-state index contributed by atoms with van der Waals surface area (Å²) in [5, 5.41) is 10.4. The third-order valence-corrected chi connectivity index (χ3v) is 10.5. The number of methoxy groups -OCH3 is 1. The number of carboxylic acid groups (broad SMARTS) is 1. The maximum atomic E-state index is 13.2. The number of hydrogen-bond donors (Lipinski definition) is 1. The van der Waals surface area contributed by atoms with Crippen molar-refractivity contribution in [2.45, 2.75) is 49.1 Å². The second-order valence-electron chi connectivity index (χ2n) is 10.9. The number of hydrogen-bond acceptors (Lipinski definition) is 8. The van der Waals surface area contributed by atoms with Gasteiger partial charge in [0.05, 0.1) is 17.6 Å². The summed E-state index contributed by atoms with van der Waals surface area (Å²) in [7, 11) is 1.64. The van der Waals surface area contributed by atoms with Gasteiger partial charge in [-0.1, -0.05) is 26.0 Å². The van der Waals surface area contributed by atoms with Crippen LogP contribution >= 0.6 is 23.1 Å². The van der Waals surface area contributed by atoms with Gasteiger partial charge in [0.2, 0.25) is 5.60 Å². The fraction of sp³-hybridized carbons (Fsp3) is 0.353. The predicted octanol–water partition coefficient (Wildman–Crippen LogP) is 8.48. The quantitative estimate of drug-likeness (QED) is 0.150. The van der Waals surface area contributed by atoms with Gasteiger partial charge in [-0.25, -0.2) is 9.78 Å². The van der Waals surface area contributed by atoms with Crippen LogP contribution in [0.5, 0.6) is 11.5 Å². The van der Waals surface area contributed by atoms with Crippen molar-refractivity contribution in [3.63, 3.8) is 0 Å². The standard InChI is InChI=1S/C34H36F3N3O4S2/c1-4-33(5-2,32(41)42)44-27-14-16-28(17-15-27)45-22-29-30(38-31(46-29)23-6-8-24(9-7-23)34(35,36)37)40-20-18-39(19-21-40)25-10-12-26(43-3)13-11-25/h6-17H,4-5,18-22H2,1-3H3,(H,41,42). The van der Waals surface area contributed by atoms with E-state index >= 15 is 0 Å². The van der Waals surface area contributed by atoms with E-state index in [-0.39, 0.29) is 0 Å². The van der Waals surface area contributed by atoms with Crippen molar-refractivity contribution >= 4 is 40.6 Å². The molecule has 7 nitrogen and oxygen atoms in total. The molecule has 0 spiro atoms. The summed E-state index contributed by atoms with van der Waals surface area (Å²) in [4.78, 5) is 23.4. The minimum atomic E-state index is -4.40. The third-order valence-electron chi connectivity index (χ3n) is 8.19. The number of aromatic nitrogens is 1. The van der Waals surface area contributed by atoms with Crippen LogP contribution in [0, 0.1) is 0 Å². The first-order chi connectivity index (χ1) is 22.0. The van der Waals surface area contributed by atoms with E-state index in [0.717, 1.165) is 65.3 Å². The molecular weight excluding hydrogens is 636 g/mol. The van der Waals surface area contributed by atoms with Crippen molar-refractivity contribution in [3.8, 4) is 22.1 Å². The Hall–Kier alpha value is -3.90. The molecule has 3 aromatic carbocycles. The lowest BCUT2D eigenvalue weighted by atomic mass is 9.97. The van der Waals surface area contributed by atoms with Crippen LogP contribution in [0.2, 0.25) is 0 Å². The molecule has 46 heavy (non-hydrogen) atoms. The number of rotatable bonds is 12. The van der Waals surface area contributed by atoms with Gasteiger partial charge in [0.25, 0.3) is 0 Å². The summed E-state index contributed by atoms with van der Waals surface area (Å²) >= 11 is 3.10. The van der Waals surface area contributed by atoms with Crippen LogP contribution in [-0.4, -0.2) is 54.9 Å². The van der Waals surface area contributed by atoms with Crippen molar-refractivity contribution in [2.75, 3.05) is 43.1 Å². The molecule has 0 radical (unpaired) electrons. The Morgan fingerprint density at radius 3 is 2.02 bits per heavy atom. The number of ether oxygens (including phenoxy) is 2. The normalized spacial score (nSPS) is 14.0. The maximum absolute atomic E-state index is 13.2. The predicted molar refractivity (Wildman–Crippen MR) is 178 cm³/mol. The van der Waals surface area contributed by atoms with Crippen molar-refractivity contribution in [1.29, 1.82) is 0 Å². The molecule has 0 atom stereocenters. The Balaban J connectivity index is 1.34. The number of benzene rings is 3. The lowest BCUT2D eigenvalue weighted by Gasteiger charge is -2.36. The van der Waals surface area contributed by atoms with Gasteiger partial charge in [0, 0.05) is 48.1 Å². The number of anilines is 2. The summed E-state index contributed by atoms with van der Waals surface area (Å²) in [6, 6.07) is 20.5. The SMILES string of the molecule is CCC(CC)(Oc1ccc(SCc2sc(-c3ccc(C(F)(F)F)cc3)nc2N2CCN(c3ccc(OC)cc3)CC2)cc1)C(=O)O. The Labute approximate surface area is 275 Å². The van der Waals surface area contributed by atoms with Crippen molar-refractivity contribution < 1.29 is 32.5 Å². The van der Waals surface area contributed by atoms with Crippen molar-refractivity contribution in [3.05, 3.63) is 83.2 Å². The van der Waals surface area contributed by atoms with Gasteiger partial charge in [-0.15, -0.1) is 23.1 Å². The zero-order valence-electron chi connectivity index (χ0n) is 25.8. The van der Waals surface area contributed by atoms with E-state index in [0.29, 0.717) is 34.9 Å². The number of carbonyl (C=O) groups is 1. The van der Waals surface area contributed by atoms with Gasteiger partial charge in [0.15, 0.2) is 0 Å². The highest BCUT2D eigenvalue weighted by Crippen LogP contribution is 2.39. The average molecular weight is 672 g/mol. The molecular formula is C34H36F3N3O4S2. The van der Waals surface area contributed by atoms with Gasteiger partial charge in [-0.05, 0) is 73.5 Å². The molecule has 1 N–H and O–H groups in total. The number of carboxylic acids is 1. The van der Waals surface area contributed by atoms with Crippen LogP contribution in [-0.2, 0) is 16.7 Å². The molecule has 1 aliphatic rings. The molecule has 2 heterocycles. The number of nitrogens with zero attached hydrogens (tertiary/aromatic N) is 3. The maximum Gasteiger partial charge on any atom is 0.416 e. The Morgan fingerprint density at radius 1 is 0.891 bits per heavy atom. The first kappa shape index (κ1) is 33.5. The minimum Gasteiger partial charge on any atom is -0.497 e. The second-order valence-corrected chi connectivity index (χ2v) is 13.0. The van der Waals surface area contributed by atoms with Gasteiger partial charge in [0.1, 0.15) is 22.3 Å². The highest BCUT2D eigenvalue weighted by atomic mass is 32.2. The zero-order chi connectivity index (χ0) is 32.9. The van der Waals surface area contributed by atoms with Crippen LogP contribution in [0.1, 0.15) is 37.1 Å². The van der Waals surface area contributed by atoms with Crippen LogP contribution in [0.25, 0.3) is 10.6 Å². The number of piperazine rings is 1. The number of halogens is 3. The van der Waals surface area contributed by atoms with Crippen LogP contribution in [0.3, 0.4) is 0 Å². The van der Waals surface area contributed by atoms with Crippen molar-refractivity contribution in [1.82, 2.24) is 4.98 Å². The summed E-state index contributed by atoms with van der Waals surface area (Å²) in [6.07, 6.45) is -3.71. The number of aliphatic carboxylic acids is 1. The van der Waals surface area contributed by atoms with E-state index in [4.69, 9.17) is 14.5 Å². The zero-order valence-corrected chi connectivity index (χ0v) is 27.5. The highest BCUT2D eigenvalue weighted by molar-refractivity contribution is 7.98. The topological polar surface area (TPSA) is 75.1 Å². The molecule has 0 bridgehead atoms. The largest absolute Gasteiger partial charge is 0.497 e. The summed E-state index contributed by atoms with van der Waals surface area (Å²) in [6.45, 7) is 6.67. The molecule has 0 aliphatic carbocycles. The minimum absolute atomic E-state index is 0.346. The fourth-order valence-electron chi connectivity index (χ4n) is 5.30. The first-order valence-electron chi connectivity index (χ1n) is 15.0. The molecule has 1 fully saturated rings. The third kappa shape index (κ3) is 7.55. The molecule has 4 aromatic rings. The lowest BCUT2D eigenvalue weighted by Crippen LogP contribution is -2.46. The summed E-state index contributed by atoms with van der Waals surface area (Å²) in [5.74, 6) is 1.77. The van der Waals surface area contributed by atoms with Crippen LogP contribution in [0.4, 0.5) is 24.7 Å². The molecule has 12 heteroatoms. The Morgan fingerprint density at radius 2 is 1.48 bits per heavy atom. The molecule has 0 unspecified atom stereocenters. The summed E-state index contributed by atoms with van der Waals surface area (Å²) < 4.78 is 50.8. The van der Waals surface area contributed by atoms with Crippen LogP contribution in [0.15, 0.2) is 77.7 Å². The van der Waals surface area contributed by atoms with E-state index < -0.39 is 23.3 Å². The number of thiazole rings is 1. The molecule has 244 valence electrons. The molecule has 5 rings (SSSR count). The van der Waals surface area contributed by atoms with Gasteiger partial charge >= 0.3 is 12.1 Å². The van der Waals surface area contributed by atoms with Crippen LogP contribution < -0.4 is 19.3 Å². The Bertz CT molecular complexity index is 1600. The molecule has 0 amide bonds. The molecule has 1 saturated heterocycles. The van der Waals surface area contributed by atoms with E-state index in [1.54, 1.807) is 44.9 Å². The van der Waals surface area contributed by atoms with Gasteiger partial charge in [-0.2, -0.15) is 13.2 Å². The molecule has 1 aliphatic heterocycles. The molecule has 1 aromatic heterocycles. The first-order valence-corrected chi connectivity index (χ1v) is 16.8. The number of alkyl halides is 3. The van der Waals surface area contributed by atoms with Crippen molar-refractivity contribution in [2.24, 2.45) is 0 Å². The molecule has 0 saturated carbocycles. The summed E-state index contributed by atoms with van der Waals surface area (Å²) in [5.41, 5.74) is -0.198. The van der Waals surface area contributed by atoms with E-state index in [2.05, 4.69) is 9.80 Å². The average Bonchev–Trinajstić information content (AvgIpc) is 3.51. The van der Waals surface area contributed by atoms with E-state index in [1.807, 2.05) is 36.4 Å². The van der Waals surface area contributed by atoms with E-state index in [9.17, 15) is 23.1 Å². The fourth-order valence-corrected chi connectivity index (χ4v) is 7.35. The number of thioether (sulfide) groups is 1. The van der Waals surface area contributed by atoms with Gasteiger partial charge < -0.3 is 24.4 Å². The second kappa shape index (κ2) is 14.3. The monoisotopic (exact) mass is 671 g/mol. The Kier molecular flexibility index (Phi) is 10.4. The lowest BCUT2D eigenvalue weighted by molar-refractivity contribution is -0.156. The smallest absolute Gasteiger partial charge is 0.416 e.